The van der Waals surface area contributed by atoms with Gasteiger partial charge in [-0.2, -0.15) is 0 Å². The molecule has 1 aromatic carbocycles. The van der Waals surface area contributed by atoms with Gasteiger partial charge < -0.3 is 5.11 Å². The SMILES string of the molecule is CC(=CC(=O)O)c1cc(C)ccc1C. The molecule has 74 valence electrons. The molecule has 0 aliphatic rings. The van der Waals surface area contributed by atoms with Crippen molar-refractivity contribution in [3.05, 3.63) is 41.0 Å². The molecule has 0 spiro atoms. The van der Waals surface area contributed by atoms with E-state index in [1.807, 2.05) is 39.0 Å². The van der Waals surface area contributed by atoms with E-state index in [2.05, 4.69) is 0 Å². The summed E-state index contributed by atoms with van der Waals surface area (Å²) in [6.07, 6.45) is 1.24. The molecule has 0 aliphatic carbocycles. The van der Waals surface area contributed by atoms with Gasteiger partial charge in [-0.3, -0.25) is 0 Å². The van der Waals surface area contributed by atoms with Crippen LogP contribution in [-0.4, -0.2) is 11.1 Å². The lowest BCUT2D eigenvalue weighted by Crippen LogP contribution is -1.92. The smallest absolute Gasteiger partial charge is 0.328 e. The van der Waals surface area contributed by atoms with Crippen molar-refractivity contribution >= 4 is 11.5 Å². The van der Waals surface area contributed by atoms with E-state index in [0.29, 0.717) is 0 Å². The third kappa shape index (κ3) is 2.46. The first kappa shape index (κ1) is 10.5. The number of hydrogen-bond acceptors (Lipinski definition) is 1. The van der Waals surface area contributed by atoms with Gasteiger partial charge in [0.2, 0.25) is 0 Å². The van der Waals surface area contributed by atoms with Gasteiger partial charge in [-0.25, -0.2) is 4.79 Å². The van der Waals surface area contributed by atoms with E-state index in [1.165, 1.54) is 6.08 Å². The molecule has 0 fully saturated rings. The van der Waals surface area contributed by atoms with Gasteiger partial charge in [0.1, 0.15) is 0 Å². The van der Waals surface area contributed by atoms with Gasteiger partial charge in [-0.15, -0.1) is 0 Å². The number of carboxylic acid groups (broad SMARTS) is 1. The highest BCUT2D eigenvalue weighted by molar-refractivity contribution is 5.89. The zero-order chi connectivity index (χ0) is 10.7. The lowest BCUT2D eigenvalue weighted by molar-refractivity contribution is -0.131. The van der Waals surface area contributed by atoms with Crippen LogP contribution in [0, 0.1) is 13.8 Å². The molecule has 0 bridgehead atoms. The van der Waals surface area contributed by atoms with Crippen LogP contribution < -0.4 is 0 Å². The van der Waals surface area contributed by atoms with Gasteiger partial charge in [0, 0.05) is 6.08 Å². The van der Waals surface area contributed by atoms with Crippen LogP contribution in [0.1, 0.15) is 23.6 Å². The van der Waals surface area contributed by atoms with Gasteiger partial charge in [0.25, 0.3) is 0 Å². The molecule has 0 atom stereocenters. The molecule has 0 amide bonds. The van der Waals surface area contributed by atoms with Crippen molar-refractivity contribution in [1.29, 1.82) is 0 Å². The standard InChI is InChI=1S/C12H14O2/c1-8-4-5-9(2)11(6-8)10(3)7-12(13)14/h4-7H,1-3H3,(H,13,14). The molecule has 0 aliphatic heterocycles. The number of aryl methyl sites for hydroxylation is 2. The maximum atomic E-state index is 10.5. The Hall–Kier alpha value is -1.57. The van der Waals surface area contributed by atoms with Crippen LogP contribution in [-0.2, 0) is 4.79 Å². The summed E-state index contributed by atoms with van der Waals surface area (Å²) in [5, 5.41) is 8.63. The molecule has 0 saturated carbocycles. The highest BCUT2D eigenvalue weighted by Gasteiger charge is 2.02. The normalized spacial score (nSPS) is 11.5. The molecule has 14 heavy (non-hydrogen) atoms. The number of carboxylic acids is 1. The van der Waals surface area contributed by atoms with E-state index in [1.54, 1.807) is 0 Å². The van der Waals surface area contributed by atoms with Crippen molar-refractivity contribution in [3.63, 3.8) is 0 Å². The molecule has 0 heterocycles. The molecule has 2 nitrogen and oxygen atoms in total. The number of hydrogen-bond donors (Lipinski definition) is 1. The fourth-order valence-corrected chi connectivity index (χ4v) is 1.42. The lowest BCUT2D eigenvalue weighted by Gasteiger charge is -2.06. The maximum Gasteiger partial charge on any atom is 0.328 e. The average Bonchev–Trinajstić information content (AvgIpc) is 2.08. The molecule has 0 saturated heterocycles. The summed E-state index contributed by atoms with van der Waals surface area (Å²) >= 11 is 0. The van der Waals surface area contributed by atoms with Crippen LogP contribution in [0.3, 0.4) is 0 Å². The topological polar surface area (TPSA) is 37.3 Å². The first-order valence-electron chi connectivity index (χ1n) is 4.49. The minimum Gasteiger partial charge on any atom is -0.478 e. The third-order valence-electron chi connectivity index (χ3n) is 2.16. The lowest BCUT2D eigenvalue weighted by atomic mass is 9.99. The summed E-state index contributed by atoms with van der Waals surface area (Å²) in [6, 6.07) is 6.03. The van der Waals surface area contributed by atoms with Crippen molar-refractivity contribution < 1.29 is 9.90 Å². The predicted octanol–water partition coefficient (Wildman–Crippen LogP) is 2.79. The number of allylic oxidation sites excluding steroid dienone is 1. The Morgan fingerprint density at radius 3 is 2.57 bits per heavy atom. The quantitative estimate of drug-likeness (QED) is 0.728. The van der Waals surface area contributed by atoms with E-state index < -0.39 is 5.97 Å². The van der Waals surface area contributed by atoms with Gasteiger partial charge in [0.05, 0.1) is 0 Å². The third-order valence-corrected chi connectivity index (χ3v) is 2.16. The van der Waals surface area contributed by atoms with Crippen molar-refractivity contribution in [3.8, 4) is 0 Å². The second-order valence-electron chi connectivity index (χ2n) is 3.48. The highest BCUT2D eigenvalue weighted by atomic mass is 16.4. The Labute approximate surface area is 83.9 Å². The summed E-state index contributed by atoms with van der Waals surface area (Å²) in [4.78, 5) is 10.5. The van der Waals surface area contributed by atoms with Crippen LogP contribution in [0.2, 0.25) is 0 Å². The Morgan fingerprint density at radius 2 is 2.00 bits per heavy atom. The first-order valence-corrected chi connectivity index (χ1v) is 4.49. The highest BCUT2D eigenvalue weighted by Crippen LogP contribution is 2.19. The molecule has 1 rings (SSSR count). The van der Waals surface area contributed by atoms with Crippen LogP contribution in [0.25, 0.3) is 5.57 Å². The first-order chi connectivity index (χ1) is 6.50. The van der Waals surface area contributed by atoms with Gasteiger partial charge in [0.15, 0.2) is 0 Å². The molecule has 0 unspecified atom stereocenters. The molecule has 1 N–H and O–H groups in total. The van der Waals surface area contributed by atoms with Gasteiger partial charge in [-0.1, -0.05) is 23.8 Å². The summed E-state index contributed by atoms with van der Waals surface area (Å²) in [6.45, 7) is 5.79. The van der Waals surface area contributed by atoms with E-state index in [-0.39, 0.29) is 0 Å². The van der Waals surface area contributed by atoms with Gasteiger partial charge in [-0.05, 0) is 37.5 Å². The molecule has 0 radical (unpaired) electrons. The largest absolute Gasteiger partial charge is 0.478 e. The summed E-state index contributed by atoms with van der Waals surface area (Å²) in [5.74, 6) is -0.900. The Kier molecular flexibility index (Phi) is 3.07. The molecular formula is C12H14O2. The number of benzene rings is 1. The second kappa shape index (κ2) is 4.09. The van der Waals surface area contributed by atoms with Crippen molar-refractivity contribution in [2.75, 3.05) is 0 Å². The fourth-order valence-electron chi connectivity index (χ4n) is 1.42. The van der Waals surface area contributed by atoms with Crippen LogP contribution >= 0.6 is 0 Å². The minimum absolute atomic E-state index is 0.790. The van der Waals surface area contributed by atoms with E-state index in [9.17, 15) is 4.79 Å². The second-order valence-corrected chi connectivity index (χ2v) is 3.48. The van der Waals surface area contributed by atoms with Crippen LogP contribution in [0.5, 0.6) is 0 Å². The van der Waals surface area contributed by atoms with Crippen molar-refractivity contribution in [2.24, 2.45) is 0 Å². The molecule has 1 aromatic rings. The Bertz CT molecular complexity index is 389. The summed E-state index contributed by atoms with van der Waals surface area (Å²) < 4.78 is 0. The maximum absolute atomic E-state index is 10.5. The van der Waals surface area contributed by atoms with E-state index in [4.69, 9.17) is 5.11 Å². The Morgan fingerprint density at radius 1 is 1.36 bits per heavy atom. The van der Waals surface area contributed by atoms with Crippen molar-refractivity contribution in [1.82, 2.24) is 0 Å². The zero-order valence-electron chi connectivity index (χ0n) is 8.66. The van der Waals surface area contributed by atoms with Gasteiger partial charge >= 0.3 is 5.97 Å². The average molecular weight is 190 g/mol. The molecule has 0 aromatic heterocycles. The number of rotatable bonds is 2. The minimum atomic E-state index is -0.900. The van der Waals surface area contributed by atoms with Crippen molar-refractivity contribution in [2.45, 2.75) is 20.8 Å². The van der Waals surface area contributed by atoms with E-state index >= 15 is 0 Å². The summed E-state index contributed by atoms with van der Waals surface area (Å²) in [5.41, 5.74) is 4.04. The zero-order valence-corrected chi connectivity index (χ0v) is 8.66. The number of aliphatic carboxylic acids is 1. The fraction of sp³-hybridized carbons (Fsp3) is 0.250. The Balaban J connectivity index is 3.18. The van der Waals surface area contributed by atoms with Crippen LogP contribution in [0.4, 0.5) is 0 Å². The monoisotopic (exact) mass is 190 g/mol. The van der Waals surface area contributed by atoms with Crippen LogP contribution in [0.15, 0.2) is 24.3 Å². The summed E-state index contributed by atoms with van der Waals surface area (Å²) in [7, 11) is 0. The molecular weight excluding hydrogens is 176 g/mol. The molecule has 2 heteroatoms. The van der Waals surface area contributed by atoms with E-state index in [0.717, 1.165) is 22.3 Å². The predicted molar refractivity (Wildman–Crippen MR) is 57.2 cm³/mol. The number of carbonyl (C=O) groups is 1.